The third-order valence-corrected chi connectivity index (χ3v) is 5.98. The maximum Gasteiger partial charge on any atom is 0.342 e. The first-order valence-electron chi connectivity index (χ1n) is 8.67. The Morgan fingerprint density at radius 1 is 1.28 bits per heavy atom. The summed E-state index contributed by atoms with van der Waals surface area (Å²) in [6, 6.07) is 4.15. The Kier molecular flexibility index (Phi) is 10.7. The molecule has 1 rings (SSSR count). The van der Waals surface area contributed by atoms with E-state index in [1.54, 1.807) is 7.05 Å². The summed E-state index contributed by atoms with van der Waals surface area (Å²) in [4.78, 5) is 41.5. The molecule has 1 aromatic rings. The van der Waals surface area contributed by atoms with Crippen LogP contribution in [0.3, 0.4) is 0 Å². The third kappa shape index (κ3) is 10.8. The van der Waals surface area contributed by atoms with Crippen molar-refractivity contribution in [1.82, 2.24) is 0 Å². The number of aliphatic hydroxyl groups excluding tert-OH is 1. The number of rotatable bonds is 15. The van der Waals surface area contributed by atoms with Crippen LogP contribution in [0.15, 0.2) is 18.2 Å². The number of anilines is 1. The first kappa shape index (κ1) is 27.0. The molecule has 0 aromatic heterocycles. The van der Waals surface area contributed by atoms with E-state index < -0.39 is 50.4 Å². The predicted octanol–water partition coefficient (Wildman–Crippen LogP) is 0.450. The average molecular weight is 499 g/mol. The largest absolute Gasteiger partial charge is 0.464 e. The van der Waals surface area contributed by atoms with E-state index in [1.165, 1.54) is 18.2 Å². The van der Waals surface area contributed by atoms with Crippen LogP contribution in [0.1, 0.15) is 16.8 Å². The average Bonchev–Trinajstić information content (AvgIpc) is 2.68. The van der Waals surface area contributed by atoms with Gasteiger partial charge in [-0.05, 0) is 29.0 Å². The Balaban J connectivity index is 2.87. The van der Waals surface area contributed by atoms with Crippen LogP contribution in [0.2, 0.25) is 0 Å². The molecule has 0 amide bonds. The lowest BCUT2D eigenvalue weighted by molar-refractivity contribution is -0.790. The fourth-order valence-electron chi connectivity index (χ4n) is 2.17. The van der Waals surface area contributed by atoms with Crippen molar-refractivity contribution in [3.8, 4) is 5.75 Å². The number of ether oxygens (including phenoxy) is 2. The molecule has 32 heavy (non-hydrogen) atoms. The van der Waals surface area contributed by atoms with Crippen LogP contribution in [0.25, 0.3) is 0 Å². The standard InChI is InChI=1S/C15H21N3O12S2/c1-16-10-3-4-13(12(7-10)15(20)27-5-6-31-32(2,25)26)29-14(19)8-11(30-18(23)24)9-28-17(21)22/h3-4,7,11,14,16,19H,5-6,8-9H2,1-2H3. The van der Waals surface area contributed by atoms with Crippen molar-refractivity contribution in [2.24, 2.45) is 0 Å². The van der Waals surface area contributed by atoms with Gasteiger partial charge in [-0.3, -0.25) is 0 Å². The molecule has 2 atom stereocenters. The van der Waals surface area contributed by atoms with Gasteiger partial charge in [0.2, 0.25) is 0 Å². The number of nitrogens with one attached hydrogen (secondary N) is 1. The molecule has 0 aliphatic heterocycles. The van der Waals surface area contributed by atoms with Crippen LogP contribution < -0.4 is 10.1 Å². The number of benzene rings is 1. The second kappa shape index (κ2) is 12.7. The van der Waals surface area contributed by atoms with E-state index in [0.717, 1.165) is 6.26 Å². The van der Waals surface area contributed by atoms with Crippen LogP contribution in [-0.2, 0) is 23.3 Å². The maximum atomic E-state index is 12.4. The summed E-state index contributed by atoms with van der Waals surface area (Å²) in [6.07, 6.45) is -2.91. The summed E-state index contributed by atoms with van der Waals surface area (Å²) in [5.41, 5.74) is 0.354. The molecule has 0 spiro atoms. The summed E-state index contributed by atoms with van der Waals surface area (Å²) < 4.78 is 32.5. The minimum Gasteiger partial charge on any atom is -0.464 e. The summed E-state index contributed by atoms with van der Waals surface area (Å²) >= 11 is 0. The van der Waals surface area contributed by atoms with Crippen molar-refractivity contribution in [2.75, 3.05) is 37.6 Å². The lowest BCUT2D eigenvalue weighted by Crippen LogP contribution is -2.31. The summed E-state index contributed by atoms with van der Waals surface area (Å²) in [6.45, 7) is -1.07. The SMILES string of the molecule is CNc1ccc(OC(O)CC(CO[N+](=O)[O-])O[N+](=O)[O-])c(C(=O)OCCSS(C)(=O)=O)c1. The molecule has 17 heteroatoms. The van der Waals surface area contributed by atoms with Crippen molar-refractivity contribution in [3.63, 3.8) is 0 Å². The number of nitrogens with zero attached hydrogens (tertiary/aromatic N) is 2. The number of hydrogen-bond donors (Lipinski definition) is 2. The molecule has 0 fully saturated rings. The van der Waals surface area contributed by atoms with Gasteiger partial charge >= 0.3 is 5.97 Å². The monoisotopic (exact) mass is 499 g/mol. The minimum atomic E-state index is -3.31. The predicted molar refractivity (Wildman–Crippen MR) is 110 cm³/mol. The van der Waals surface area contributed by atoms with Gasteiger partial charge in [0.15, 0.2) is 15.2 Å². The molecular weight excluding hydrogens is 478 g/mol. The Bertz CT molecular complexity index is 911. The van der Waals surface area contributed by atoms with Crippen LogP contribution >= 0.6 is 10.8 Å². The van der Waals surface area contributed by atoms with Crippen molar-refractivity contribution in [2.45, 2.75) is 18.8 Å². The van der Waals surface area contributed by atoms with Gasteiger partial charge in [0.05, 0.1) is 0 Å². The molecule has 0 saturated heterocycles. The smallest absolute Gasteiger partial charge is 0.342 e. The van der Waals surface area contributed by atoms with Gasteiger partial charge in [-0.15, -0.1) is 20.2 Å². The Morgan fingerprint density at radius 3 is 2.53 bits per heavy atom. The van der Waals surface area contributed by atoms with Gasteiger partial charge in [-0.2, -0.15) is 0 Å². The van der Waals surface area contributed by atoms with Crippen LogP contribution in [0.5, 0.6) is 5.75 Å². The van der Waals surface area contributed by atoms with Gasteiger partial charge in [0.25, 0.3) is 10.2 Å². The van der Waals surface area contributed by atoms with Gasteiger partial charge < -0.3 is 29.6 Å². The zero-order valence-corrected chi connectivity index (χ0v) is 18.5. The van der Waals surface area contributed by atoms with E-state index in [-0.39, 0.29) is 23.7 Å². The van der Waals surface area contributed by atoms with E-state index >= 15 is 0 Å². The highest BCUT2D eigenvalue weighted by Gasteiger charge is 2.23. The number of esters is 1. The van der Waals surface area contributed by atoms with Crippen LogP contribution in [-0.4, -0.2) is 74.3 Å². The molecule has 0 heterocycles. The van der Waals surface area contributed by atoms with E-state index in [4.69, 9.17) is 9.47 Å². The van der Waals surface area contributed by atoms with Crippen LogP contribution in [0.4, 0.5) is 5.69 Å². The molecule has 0 radical (unpaired) electrons. The lowest BCUT2D eigenvalue weighted by Gasteiger charge is -2.20. The Morgan fingerprint density at radius 2 is 1.97 bits per heavy atom. The highest BCUT2D eigenvalue weighted by atomic mass is 33.1. The Hall–Kier alpha value is -3.05. The van der Waals surface area contributed by atoms with Crippen molar-refractivity contribution >= 4 is 31.3 Å². The molecule has 0 aliphatic rings. The van der Waals surface area contributed by atoms with Crippen molar-refractivity contribution < 1.29 is 47.6 Å². The van der Waals surface area contributed by atoms with E-state index in [1.807, 2.05) is 0 Å². The quantitative estimate of drug-likeness (QED) is 0.0839. The van der Waals surface area contributed by atoms with Gasteiger partial charge in [-0.25, -0.2) is 13.2 Å². The molecule has 1 aromatic carbocycles. The lowest BCUT2D eigenvalue weighted by atomic mass is 10.1. The first-order chi connectivity index (χ1) is 14.9. The number of aliphatic hydroxyl groups is 1. The van der Waals surface area contributed by atoms with Crippen molar-refractivity contribution in [3.05, 3.63) is 44.0 Å². The van der Waals surface area contributed by atoms with E-state index in [2.05, 4.69) is 15.0 Å². The molecule has 2 N–H and O–H groups in total. The summed E-state index contributed by atoms with van der Waals surface area (Å²) in [7, 11) is -1.13. The fourth-order valence-corrected chi connectivity index (χ4v) is 3.74. The number of carbonyl (C=O) groups is 1. The zero-order valence-electron chi connectivity index (χ0n) is 16.9. The highest BCUT2D eigenvalue weighted by molar-refractivity contribution is 8.71. The molecular formula is C15H21N3O12S2. The Labute approximate surface area is 185 Å². The fraction of sp³-hybridized carbons (Fsp3) is 0.533. The summed E-state index contributed by atoms with van der Waals surface area (Å²) in [5.74, 6) is -1.05. The molecule has 0 saturated carbocycles. The number of hydrogen-bond acceptors (Lipinski definition) is 14. The topological polar surface area (TPSA) is 207 Å². The molecule has 0 aliphatic carbocycles. The number of carbonyl (C=O) groups excluding carboxylic acids is 1. The van der Waals surface area contributed by atoms with E-state index in [0.29, 0.717) is 16.5 Å². The zero-order chi connectivity index (χ0) is 24.3. The van der Waals surface area contributed by atoms with E-state index in [9.17, 15) is 38.5 Å². The first-order valence-corrected chi connectivity index (χ1v) is 12.1. The second-order valence-electron chi connectivity index (χ2n) is 5.90. The maximum absolute atomic E-state index is 12.4. The molecule has 15 nitrogen and oxygen atoms in total. The van der Waals surface area contributed by atoms with Crippen molar-refractivity contribution in [1.29, 1.82) is 0 Å². The highest BCUT2D eigenvalue weighted by Crippen LogP contribution is 2.25. The van der Waals surface area contributed by atoms with Gasteiger partial charge in [0.1, 0.15) is 30.6 Å². The third-order valence-electron chi connectivity index (χ3n) is 3.43. The summed E-state index contributed by atoms with van der Waals surface area (Å²) in [5, 5.41) is 31.3. The normalized spacial score (nSPS) is 12.8. The molecule has 2 unspecified atom stereocenters. The second-order valence-corrected chi connectivity index (χ2v) is 10.5. The molecule has 180 valence electrons. The van der Waals surface area contributed by atoms with Gasteiger partial charge in [-0.1, -0.05) is 0 Å². The van der Waals surface area contributed by atoms with Crippen LogP contribution in [0, 0.1) is 20.2 Å². The molecule has 0 bridgehead atoms. The minimum absolute atomic E-state index is 0.00847. The van der Waals surface area contributed by atoms with Gasteiger partial charge in [0, 0.05) is 31.2 Å².